The first-order valence-corrected chi connectivity index (χ1v) is 6.36. The number of ether oxygens (including phenoxy) is 1. The Kier molecular flexibility index (Phi) is 3.46. The van der Waals surface area contributed by atoms with E-state index in [9.17, 15) is 4.21 Å². The van der Waals surface area contributed by atoms with E-state index >= 15 is 0 Å². The summed E-state index contributed by atoms with van der Waals surface area (Å²) in [6.45, 7) is 1.84. The Morgan fingerprint density at radius 1 is 1.64 bits per heavy atom. The lowest BCUT2D eigenvalue weighted by Crippen LogP contribution is -1.98. The standard InChI is InChI=1S/C9H14N2O2S/c1-4-14(3,12)11-9-7-8(13-2)5-6-10-9/h5-7H,4H2,1-3H3/t14-/m1/s1. The number of hydrogen-bond donors (Lipinski definition) is 0. The second-order valence-corrected chi connectivity index (χ2v) is 5.57. The molecule has 1 aromatic heterocycles. The summed E-state index contributed by atoms with van der Waals surface area (Å²) in [6.07, 6.45) is 3.21. The second-order valence-electron chi connectivity index (χ2n) is 2.89. The molecule has 0 radical (unpaired) electrons. The normalized spacial score (nSPS) is 14.5. The Morgan fingerprint density at radius 3 is 2.93 bits per heavy atom. The topological polar surface area (TPSA) is 51.5 Å². The number of methoxy groups -OCH3 is 1. The molecule has 0 fully saturated rings. The maximum Gasteiger partial charge on any atom is 0.165 e. The molecule has 0 spiro atoms. The van der Waals surface area contributed by atoms with Crippen LogP contribution in [-0.4, -0.2) is 28.3 Å². The van der Waals surface area contributed by atoms with E-state index in [4.69, 9.17) is 4.74 Å². The molecule has 78 valence electrons. The van der Waals surface area contributed by atoms with Crippen LogP contribution >= 0.6 is 0 Å². The van der Waals surface area contributed by atoms with Crippen LogP contribution in [0.4, 0.5) is 5.82 Å². The molecule has 0 aromatic carbocycles. The smallest absolute Gasteiger partial charge is 0.165 e. The molecule has 0 bridgehead atoms. The van der Waals surface area contributed by atoms with Crippen LogP contribution in [0.5, 0.6) is 5.75 Å². The third kappa shape index (κ3) is 2.99. The van der Waals surface area contributed by atoms with Crippen LogP contribution in [0.1, 0.15) is 6.92 Å². The van der Waals surface area contributed by atoms with Gasteiger partial charge in [-0.05, 0) is 6.07 Å². The van der Waals surface area contributed by atoms with Crippen molar-refractivity contribution < 1.29 is 8.95 Å². The van der Waals surface area contributed by atoms with E-state index < -0.39 is 9.73 Å². The molecule has 0 aliphatic rings. The first-order valence-electron chi connectivity index (χ1n) is 4.27. The van der Waals surface area contributed by atoms with Crippen molar-refractivity contribution in [2.75, 3.05) is 19.1 Å². The van der Waals surface area contributed by atoms with Crippen LogP contribution < -0.4 is 4.74 Å². The molecule has 0 unspecified atom stereocenters. The summed E-state index contributed by atoms with van der Waals surface area (Å²) in [5, 5.41) is 0. The van der Waals surface area contributed by atoms with Crippen molar-refractivity contribution >= 4 is 15.5 Å². The minimum Gasteiger partial charge on any atom is -0.497 e. The van der Waals surface area contributed by atoms with E-state index in [1.165, 1.54) is 0 Å². The molecule has 0 saturated heterocycles. The van der Waals surface area contributed by atoms with Crippen molar-refractivity contribution in [3.8, 4) is 5.75 Å². The molecule has 5 heteroatoms. The summed E-state index contributed by atoms with van der Waals surface area (Å²) >= 11 is 0. The predicted molar refractivity (Wildman–Crippen MR) is 57.5 cm³/mol. The minimum atomic E-state index is -2.14. The van der Waals surface area contributed by atoms with Gasteiger partial charge >= 0.3 is 0 Å². The zero-order valence-electron chi connectivity index (χ0n) is 8.56. The van der Waals surface area contributed by atoms with Crippen LogP contribution in [0.25, 0.3) is 0 Å². The van der Waals surface area contributed by atoms with Gasteiger partial charge in [0.25, 0.3) is 0 Å². The van der Waals surface area contributed by atoms with Gasteiger partial charge in [-0.2, -0.15) is 4.36 Å². The number of aromatic nitrogens is 1. The summed E-state index contributed by atoms with van der Waals surface area (Å²) in [6, 6.07) is 3.39. The zero-order valence-corrected chi connectivity index (χ0v) is 9.37. The van der Waals surface area contributed by atoms with Gasteiger partial charge in [0.2, 0.25) is 0 Å². The Labute approximate surface area is 84.5 Å². The monoisotopic (exact) mass is 214 g/mol. The van der Waals surface area contributed by atoms with E-state index in [0.29, 0.717) is 17.3 Å². The van der Waals surface area contributed by atoms with Crippen LogP contribution in [-0.2, 0) is 9.73 Å². The molecule has 4 nitrogen and oxygen atoms in total. The minimum absolute atomic E-state index is 0.457. The maximum absolute atomic E-state index is 11.7. The van der Waals surface area contributed by atoms with Gasteiger partial charge in [0, 0.05) is 24.3 Å². The molecule has 1 rings (SSSR count). The molecule has 0 aliphatic carbocycles. The second kappa shape index (κ2) is 4.41. The van der Waals surface area contributed by atoms with Gasteiger partial charge < -0.3 is 4.74 Å². The fourth-order valence-corrected chi connectivity index (χ4v) is 1.46. The predicted octanol–water partition coefficient (Wildman–Crippen LogP) is 1.84. The van der Waals surface area contributed by atoms with E-state index in [2.05, 4.69) is 9.35 Å². The number of pyridine rings is 1. The average molecular weight is 214 g/mol. The third-order valence-electron chi connectivity index (χ3n) is 1.77. The summed E-state index contributed by atoms with van der Waals surface area (Å²) in [7, 11) is -0.569. The van der Waals surface area contributed by atoms with Crippen molar-refractivity contribution in [3.05, 3.63) is 18.3 Å². The highest BCUT2D eigenvalue weighted by Gasteiger charge is 2.00. The molecule has 0 saturated carbocycles. The lowest BCUT2D eigenvalue weighted by molar-refractivity contribution is 0.414. The molecule has 1 heterocycles. The fraction of sp³-hybridized carbons (Fsp3) is 0.444. The number of rotatable bonds is 3. The summed E-state index contributed by atoms with van der Waals surface area (Å²) in [4.78, 5) is 3.99. The lowest BCUT2D eigenvalue weighted by Gasteiger charge is -2.01. The average Bonchev–Trinajstić information content (AvgIpc) is 2.17. The van der Waals surface area contributed by atoms with Gasteiger partial charge in [-0.25, -0.2) is 9.19 Å². The van der Waals surface area contributed by atoms with Gasteiger partial charge in [-0.1, -0.05) is 6.92 Å². The van der Waals surface area contributed by atoms with Crippen molar-refractivity contribution in [3.63, 3.8) is 0 Å². The van der Waals surface area contributed by atoms with E-state index in [1.54, 1.807) is 31.7 Å². The lowest BCUT2D eigenvalue weighted by atomic mass is 10.4. The highest BCUT2D eigenvalue weighted by atomic mass is 32.2. The Bertz CT molecular complexity index is 423. The quantitative estimate of drug-likeness (QED) is 0.771. The molecule has 0 aliphatic heterocycles. The first kappa shape index (κ1) is 11.0. The zero-order chi connectivity index (χ0) is 10.6. The summed E-state index contributed by atoms with van der Waals surface area (Å²) in [5.41, 5.74) is 0. The highest BCUT2D eigenvalue weighted by Crippen LogP contribution is 2.17. The van der Waals surface area contributed by atoms with Gasteiger partial charge in [0.1, 0.15) is 5.75 Å². The molecule has 14 heavy (non-hydrogen) atoms. The van der Waals surface area contributed by atoms with Gasteiger partial charge in [-0.15, -0.1) is 0 Å². The Morgan fingerprint density at radius 2 is 2.36 bits per heavy atom. The molecule has 1 aromatic rings. The van der Waals surface area contributed by atoms with Crippen LogP contribution in [0.15, 0.2) is 22.7 Å². The Hall–Kier alpha value is -1.10. The number of hydrogen-bond acceptors (Lipinski definition) is 4. The molecule has 1 atom stereocenters. The van der Waals surface area contributed by atoms with Crippen molar-refractivity contribution in [2.45, 2.75) is 6.92 Å². The fourth-order valence-electron chi connectivity index (χ4n) is 0.839. The molecule has 0 N–H and O–H groups in total. The van der Waals surface area contributed by atoms with E-state index in [-0.39, 0.29) is 0 Å². The van der Waals surface area contributed by atoms with Crippen molar-refractivity contribution in [1.29, 1.82) is 0 Å². The maximum atomic E-state index is 11.7. The van der Waals surface area contributed by atoms with Crippen molar-refractivity contribution in [1.82, 2.24) is 4.98 Å². The van der Waals surface area contributed by atoms with E-state index in [0.717, 1.165) is 0 Å². The summed E-state index contributed by atoms with van der Waals surface area (Å²) in [5.74, 6) is 1.65. The summed E-state index contributed by atoms with van der Waals surface area (Å²) < 4.78 is 20.7. The highest BCUT2D eigenvalue weighted by molar-refractivity contribution is 7.93. The Balaban J connectivity index is 3.09. The van der Waals surface area contributed by atoms with Gasteiger partial charge in [0.05, 0.1) is 16.8 Å². The van der Waals surface area contributed by atoms with Crippen LogP contribution in [0.2, 0.25) is 0 Å². The van der Waals surface area contributed by atoms with E-state index in [1.807, 2.05) is 6.92 Å². The molecular formula is C9H14N2O2S. The van der Waals surface area contributed by atoms with Crippen LogP contribution in [0.3, 0.4) is 0 Å². The van der Waals surface area contributed by atoms with Crippen LogP contribution in [0, 0.1) is 0 Å². The third-order valence-corrected chi connectivity index (χ3v) is 3.42. The number of nitrogens with zero attached hydrogens (tertiary/aromatic N) is 2. The van der Waals surface area contributed by atoms with Gasteiger partial charge in [0.15, 0.2) is 5.82 Å². The van der Waals surface area contributed by atoms with Crippen molar-refractivity contribution in [2.24, 2.45) is 4.36 Å². The van der Waals surface area contributed by atoms with Gasteiger partial charge in [-0.3, -0.25) is 0 Å². The first-order chi connectivity index (χ1) is 6.57. The largest absolute Gasteiger partial charge is 0.497 e. The SMILES string of the molecule is CC[S@@](C)(=O)=Nc1cc(OC)ccn1. The molecule has 0 amide bonds. The molecular weight excluding hydrogens is 200 g/mol.